The Morgan fingerprint density at radius 1 is 0.800 bits per heavy atom. The maximum Gasteiger partial charge on any atom is 0.0916 e. The van der Waals surface area contributed by atoms with Crippen molar-refractivity contribution in [2.45, 2.75) is 66.2 Å². The lowest BCUT2D eigenvalue weighted by atomic mass is 10.1. The molecule has 124 valence electrons. The summed E-state index contributed by atoms with van der Waals surface area (Å²) in [5.74, 6) is 0. The van der Waals surface area contributed by atoms with Crippen molar-refractivity contribution in [1.29, 1.82) is 0 Å². The zero-order chi connectivity index (χ0) is 16.1. The fourth-order valence-electron chi connectivity index (χ4n) is 2.37. The molecule has 0 aromatic rings. The summed E-state index contributed by atoms with van der Waals surface area (Å²) in [5, 5.41) is 0. The van der Waals surface area contributed by atoms with Crippen LogP contribution in [0.25, 0.3) is 0 Å². The molecule has 0 heterocycles. The number of hydrogen-bond acceptors (Lipinski definition) is 3. The van der Waals surface area contributed by atoms with Gasteiger partial charge in [0.15, 0.2) is 0 Å². The van der Waals surface area contributed by atoms with Crippen LogP contribution in [-0.2, 0) is 10.1 Å². The maximum atomic E-state index is 9.08. The van der Waals surface area contributed by atoms with Gasteiger partial charge >= 0.3 is 0 Å². The van der Waals surface area contributed by atoms with Gasteiger partial charge in [0.25, 0.3) is 0 Å². The van der Waals surface area contributed by atoms with Gasteiger partial charge in [-0.3, -0.25) is 0 Å². The molecule has 0 spiro atoms. The molecule has 0 aromatic carbocycles. The van der Waals surface area contributed by atoms with Crippen LogP contribution in [-0.4, -0.2) is 49.9 Å². The van der Waals surface area contributed by atoms with Crippen molar-refractivity contribution < 1.29 is 17.5 Å². The van der Waals surface area contributed by atoms with Crippen LogP contribution in [0.2, 0.25) is 0 Å². The van der Waals surface area contributed by atoms with E-state index >= 15 is 0 Å². The predicted molar refractivity (Wildman–Crippen MR) is 85.7 cm³/mol. The summed E-state index contributed by atoms with van der Waals surface area (Å²) in [6.45, 7) is 14.6. The number of rotatable bonds is 10. The van der Waals surface area contributed by atoms with E-state index < -0.39 is 10.1 Å². The quantitative estimate of drug-likeness (QED) is 0.353. The van der Waals surface area contributed by atoms with Crippen molar-refractivity contribution in [2.75, 3.05) is 32.4 Å². The highest BCUT2D eigenvalue weighted by molar-refractivity contribution is 7.84. The zero-order valence-corrected chi connectivity index (χ0v) is 15.0. The summed E-state index contributed by atoms with van der Waals surface area (Å²) in [4.78, 5) is 0. The van der Waals surface area contributed by atoms with Crippen LogP contribution < -0.4 is 0 Å². The molecule has 0 aliphatic heterocycles. The van der Waals surface area contributed by atoms with Crippen LogP contribution >= 0.6 is 0 Å². The second kappa shape index (κ2) is 12.6. The van der Waals surface area contributed by atoms with Crippen molar-refractivity contribution >= 4 is 10.1 Å². The molecule has 0 bridgehead atoms. The Morgan fingerprint density at radius 2 is 1.15 bits per heavy atom. The molecule has 0 amide bonds. The van der Waals surface area contributed by atoms with Crippen LogP contribution in [0.1, 0.15) is 66.2 Å². The van der Waals surface area contributed by atoms with Crippen molar-refractivity contribution in [2.24, 2.45) is 0 Å². The molecule has 0 N–H and O–H groups in total. The van der Waals surface area contributed by atoms with Crippen molar-refractivity contribution in [3.05, 3.63) is 0 Å². The smallest absolute Gasteiger partial charge is 0.0916 e. The average Bonchev–Trinajstić information content (AvgIpc) is 2.37. The van der Waals surface area contributed by atoms with Crippen LogP contribution in [0.5, 0.6) is 0 Å². The fourth-order valence-corrected chi connectivity index (χ4v) is 2.37. The lowest BCUT2D eigenvalue weighted by molar-refractivity contribution is -0.923. The molecule has 20 heavy (non-hydrogen) atoms. The van der Waals surface area contributed by atoms with Crippen molar-refractivity contribution in [3.8, 4) is 0 Å². The van der Waals surface area contributed by atoms with Gasteiger partial charge in [0.1, 0.15) is 0 Å². The van der Waals surface area contributed by atoms with E-state index in [1.54, 1.807) is 0 Å². The largest absolute Gasteiger partial charge is 0.748 e. The molecular weight excluding hydrogens is 274 g/mol. The molecule has 0 saturated heterocycles. The molecule has 0 atom stereocenters. The highest BCUT2D eigenvalue weighted by Gasteiger charge is 2.19. The van der Waals surface area contributed by atoms with Crippen LogP contribution in [0.15, 0.2) is 0 Å². The Morgan fingerprint density at radius 3 is 1.50 bits per heavy atom. The number of hydrogen-bond donors (Lipinski definition) is 0. The minimum atomic E-state index is -3.92. The summed E-state index contributed by atoms with van der Waals surface area (Å²) in [7, 11) is -3.92. The molecule has 0 rings (SSSR count). The van der Waals surface area contributed by atoms with E-state index in [0.717, 1.165) is 0 Å². The average molecular weight is 310 g/mol. The van der Waals surface area contributed by atoms with E-state index in [9.17, 15) is 0 Å². The van der Waals surface area contributed by atoms with Gasteiger partial charge in [0.05, 0.1) is 36.3 Å². The highest BCUT2D eigenvalue weighted by atomic mass is 32.2. The summed E-state index contributed by atoms with van der Waals surface area (Å²) >= 11 is 0. The third kappa shape index (κ3) is 15.9. The first-order chi connectivity index (χ1) is 9.24. The summed E-state index contributed by atoms with van der Waals surface area (Å²) in [6.07, 6.45) is 9.16. The lowest BCUT2D eigenvalue weighted by Crippen LogP contribution is -2.48. The topological polar surface area (TPSA) is 57.2 Å². The van der Waals surface area contributed by atoms with E-state index in [1.807, 2.05) is 0 Å². The molecule has 0 aromatic heterocycles. The number of nitrogens with zero attached hydrogens (tertiary/aromatic N) is 1. The Labute approximate surface area is 126 Å². The SMILES string of the molecule is CCCCCCCC[N+](CC)(CC)CC.CS(=O)(=O)[O-]. The monoisotopic (exact) mass is 309 g/mol. The van der Waals surface area contributed by atoms with Gasteiger partial charge in [-0.2, -0.15) is 0 Å². The van der Waals surface area contributed by atoms with E-state index in [4.69, 9.17) is 13.0 Å². The van der Waals surface area contributed by atoms with E-state index in [0.29, 0.717) is 6.26 Å². The Balaban J connectivity index is 0. The van der Waals surface area contributed by atoms with Gasteiger partial charge in [0, 0.05) is 6.26 Å². The Bertz CT molecular complexity index is 282. The number of unbranched alkanes of at least 4 members (excludes halogenated alkanes) is 5. The first-order valence-corrected chi connectivity index (χ1v) is 9.82. The summed E-state index contributed by atoms with van der Waals surface area (Å²) < 4.78 is 28.6. The molecule has 0 saturated carbocycles. The number of quaternary nitrogens is 1. The fraction of sp³-hybridized carbons (Fsp3) is 1.00. The first-order valence-electron chi connectivity index (χ1n) is 8.00. The van der Waals surface area contributed by atoms with Crippen LogP contribution in [0.4, 0.5) is 0 Å². The van der Waals surface area contributed by atoms with E-state index in [-0.39, 0.29) is 0 Å². The third-order valence-electron chi connectivity index (χ3n) is 4.00. The van der Waals surface area contributed by atoms with Gasteiger partial charge in [-0.05, 0) is 33.6 Å². The molecule has 0 radical (unpaired) electrons. The predicted octanol–water partition coefficient (Wildman–Crippen LogP) is 3.38. The summed E-state index contributed by atoms with van der Waals surface area (Å²) in [6, 6.07) is 0. The molecule has 0 fully saturated rings. The highest BCUT2D eigenvalue weighted by Crippen LogP contribution is 2.11. The first kappa shape index (κ1) is 22.2. The Hall–Kier alpha value is -0.130. The standard InChI is InChI=1S/C14H32N.CH4O3S/c1-5-9-10-11-12-13-14-15(6-2,7-3)8-4;1-5(2,3)4/h5-14H2,1-4H3;1H3,(H,2,3,4)/q+1;/p-1. The van der Waals surface area contributed by atoms with Gasteiger partial charge in [-0.25, -0.2) is 8.42 Å². The van der Waals surface area contributed by atoms with Crippen LogP contribution in [0, 0.1) is 0 Å². The molecule has 0 unspecified atom stereocenters. The molecular formula is C15H35NO3S. The molecule has 0 aliphatic carbocycles. The lowest BCUT2D eigenvalue weighted by Gasteiger charge is -2.35. The van der Waals surface area contributed by atoms with Gasteiger partial charge in [-0.15, -0.1) is 0 Å². The maximum absolute atomic E-state index is 9.08. The van der Waals surface area contributed by atoms with Gasteiger partial charge < -0.3 is 9.04 Å². The minimum absolute atomic E-state index is 0.604. The molecule has 5 heteroatoms. The van der Waals surface area contributed by atoms with Crippen molar-refractivity contribution in [3.63, 3.8) is 0 Å². The van der Waals surface area contributed by atoms with Gasteiger partial charge in [-0.1, -0.05) is 32.6 Å². The van der Waals surface area contributed by atoms with Gasteiger partial charge in [0.2, 0.25) is 0 Å². The second-order valence-electron chi connectivity index (χ2n) is 5.49. The molecule has 0 aliphatic rings. The second-order valence-corrected chi connectivity index (χ2v) is 6.89. The van der Waals surface area contributed by atoms with Crippen molar-refractivity contribution in [1.82, 2.24) is 0 Å². The zero-order valence-electron chi connectivity index (χ0n) is 14.2. The van der Waals surface area contributed by atoms with E-state index in [1.165, 1.54) is 69.2 Å². The minimum Gasteiger partial charge on any atom is -0.748 e. The van der Waals surface area contributed by atoms with Crippen LogP contribution in [0.3, 0.4) is 0 Å². The molecule has 4 nitrogen and oxygen atoms in total. The third-order valence-corrected chi connectivity index (χ3v) is 4.00. The Kier molecular flexibility index (Phi) is 14.0. The van der Waals surface area contributed by atoms with E-state index in [2.05, 4.69) is 27.7 Å². The normalized spacial score (nSPS) is 11.9. The summed E-state index contributed by atoms with van der Waals surface area (Å²) in [5.41, 5.74) is 0.